The zero-order chi connectivity index (χ0) is 18.4. The van der Waals surface area contributed by atoms with Gasteiger partial charge in [-0.05, 0) is 24.4 Å². The maximum atomic E-state index is 12.2. The standard InChI is InChI=1S/C19H26N4O2S/c1-21-11-16(10-20-21)12-22-9-8-19(17-6-4-3-5-7-17)15-23(26(2,24)25)14-18(19)13-22/h3-7,10-11,18H,8-9,12-15H2,1-2H3. The lowest BCUT2D eigenvalue weighted by molar-refractivity contribution is 0.117. The van der Waals surface area contributed by atoms with E-state index in [1.807, 2.05) is 24.0 Å². The molecule has 1 aromatic carbocycles. The van der Waals surface area contributed by atoms with Crippen LogP contribution in [0.2, 0.25) is 0 Å². The van der Waals surface area contributed by atoms with E-state index in [9.17, 15) is 8.42 Å². The van der Waals surface area contributed by atoms with Gasteiger partial charge in [-0.25, -0.2) is 12.7 Å². The Labute approximate surface area is 155 Å². The van der Waals surface area contributed by atoms with Crippen LogP contribution in [0.25, 0.3) is 0 Å². The van der Waals surface area contributed by atoms with Crippen molar-refractivity contribution < 1.29 is 8.42 Å². The second kappa shape index (κ2) is 6.48. The van der Waals surface area contributed by atoms with Crippen LogP contribution in [0, 0.1) is 5.92 Å². The predicted molar refractivity (Wildman–Crippen MR) is 101 cm³/mol. The predicted octanol–water partition coefficient (Wildman–Crippen LogP) is 1.46. The first kappa shape index (κ1) is 17.7. The molecule has 0 N–H and O–H groups in total. The Morgan fingerprint density at radius 2 is 2.00 bits per heavy atom. The van der Waals surface area contributed by atoms with Crippen molar-refractivity contribution in [2.45, 2.75) is 18.4 Å². The highest BCUT2D eigenvalue weighted by atomic mass is 32.2. The number of hydrogen-bond donors (Lipinski definition) is 0. The van der Waals surface area contributed by atoms with Crippen LogP contribution in [0.4, 0.5) is 0 Å². The zero-order valence-electron chi connectivity index (χ0n) is 15.4. The van der Waals surface area contributed by atoms with Crippen LogP contribution >= 0.6 is 0 Å². The number of piperidine rings is 1. The zero-order valence-corrected chi connectivity index (χ0v) is 16.2. The first-order valence-corrected chi connectivity index (χ1v) is 10.9. The van der Waals surface area contributed by atoms with E-state index in [4.69, 9.17) is 0 Å². The van der Waals surface area contributed by atoms with E-state index >= 15 is 0 Å². The summed E-state index contributed by atoms with van der Waals surface area (Å²) in [5.74, 6) is 0.310. The minimum absolute atomic E-state index is 0.0736. The number of aromatic nitrogens is 2. The fraction of sp³-hybridized carbons (Fsp3) is 0.526. The second-order valence-corrected chi connectivity index (χ2v) is 9.76. The van der Waals surface area contributed by atoms with Gasteiger partial charge < -0.3 is 0 Å². The van der Waals surface area contributed by atoms with Gasteiger partial charge in [-0.2, -0.15) is 5.10 Å². The molecule has 26 heavy (non-hydrogen) atoms. The van der Waals surface area contributed by atoms with Crippen LogP contribution in [0.3, 0.4) is 0 Å². The molecule has 2 atom stereocenters. The van der Waals surface area contributed by atoms with Crippen LogP contribution in [0.5, 0.6) is 0 Å². The Morgan fingerprint density at radius 1 is 1.23 bits per heavy atom. The minimum atomic E-state index is -3.18. The second-order valence-electron chi connectivity index (χ2n) is 7.78. The van der Waals surface area contributed by atoms with Crippen molar-refractivity contribution in [3.63, 3.8) is 0 Å². The molecule has 7 heteroatoms. The molecule has 0 saturated carbocycles. The Kier molecular flexibility index (Phi) is 4.41. The SMILES string of the molecule is Cn1cc(CN2CCC3(c4ccccc4)CN(S(C)(=O)=O)CC3C2)cn1. The van der Waals surface area contributed by atoms with Crippen LogP contribution < -0.4 is 0 Å². The van der Waals surface area contributed by atoms with Crippen molar-refractivity contribution in [3.8, 4) is 0 Å². The normalized spacial score (nSPS) is 27.5. The third-order valence-electron chi connectivity index (χ3n) is 6.00. The molecule has 0 amide bonds. The van der Waals surface area contributed by atoms with Crippen molar-refractivity contribution in [1.82, 2.24) is 19.0 Å². The van der Waals surface area contributed by atoms with Gasteiger partial charge in [-0.15, -0.1) is 0 Å². The van der Waals surface area contributed by atoms with E-state index in [-0.39, 0.29) is 5.41 Å². The lowest BCUT2D eigenvalue weighted by Crippen LogP contribution is -2.49. The van der Waals surface area contributed by atoms with Crippen molar-refractivity contribution >= 4 is 10.0 Å². The van der Waals surface area contributed by atoms with Crippen molar-refractivity contribution in [1.29, 1.82) is 0 Å². The highest BCUT2D eigenvalue weighted by molar-refractivity contribution is 7.88. The molecule has 6 nitrogen and oxygen atoms in total. The van der Waals surface area contributed by atoms with Gasteiger partial charge >= 0.3 is 0 Å². The van der Waals surface area contributed by atoms with Gasteiger partial charge in [-0.3, -0.25) is 9.58 Å². The molecular formula is C19H26N4O2S. The number of fused-ring (bicyclic) bond motifs is 1. The molecule has 4 rings (SSSR count). The van der Waals surface area contributed by atoms with Crippen LogP contribution in [0.1, 0.15) is 17.5 Å². The van der Waals surface area contributed by atoms with Crippen molar-refractivity contribution in [2.24, 2.45) is 13.0 Å². The molecule has 2 aromatic rings. The largest absolute Gasteiger partial charge is 0.299 e. The van der Waals surface area contributed by atoms with Crippen molar-refractivity contribution in [3.05, 3.63) is 53.9 Å². The topological polar surface area (TPSA) is 58.4 Å². The number of hydrogen-bond acceptors (Lipinski definition) is 4. The first-order valence-electron chi connectivity index (χ1n) is 9.07. The van der Waals surface area contributed by atoms with Crippen LogP contribution in [0.15, 0.2) is 42.7 Å². The van der Waals surface area contributed by atoms with Gasteiger partial charge in [0.15, 0.2) is 0 Å². The lowest BCUT2D eigenvalue weighted by atomic mass is 9.68. The molecule has 2 saturated heterocycles. The van der Waals surface area contributed by atoms with Gasteiger partial charge in [-0.1, -0.05) is 30.3 Å². The van der Waals surface area contributed by atoms with Gasteiger partial charge in [0.25, 0.3) is 0 Å². The summed E-state index contributed by atoms with van der Waals surface area (Å²) in [4.78, 5) is 2.44. The van der Waals surface area contributed by atoms with Crippen molar-refractivity contribution in [2.75, 3.05) is 32.4 Å². The van der Waals surface area contributed by atoms with Crippen LogP contribution in [-0.2, 0) is 29.0 Å². The maximum absolute atomic E-state index is 12.2. The van der Waals surface area contributed by atoms with Gasteiger partial charge in [0, 0.05) is 50.4 Å². The summed E-state index contributed by atoms with van der Waals surface area (Å²) in [6.07, 6.45) is 6.28. The lowest BCUT2D eigenvalue weighted by Gasteiger charge is -2.44. The molecule has 0 spiro atoms. The molecule has 0 radical (unpaired) electrons. The summed E-state index contributed by atoms with van der Waals surface area (Å²) in [7, 11) is -1.25. The summed E-state index contributed by atoms with van der Waals surface area (Å²) in [6.45, 7) is 3.96. The number of rotatable bonds is 4. The summed E-state index contributed by atoms with van der Waals surface area (Å²) in [6, 6.07) is 10.5. The third kappa shape index (κ3) is 3.19. The highest BCUT2D eigenvalue weighted by Gasteiger charge is 2.52. The smallest absolute Gasteiger partial charge is 0.211 e. The third-order valence-corrected chi connectivity index (χ3v) is 7.22. The number of benzene rings is 1. The Balaban J connectivity index is 1.60. The van der Waals surface area contributed by atoms with E-state index in [0.29, 0.717) is 19.0 Å². The van der Waals surface area contributed by atoms with E-state index in [1.165, 1.54) is 17.4 Å². The van der Waals surface area contributed by atoms with E-state index < -0.39 is 10.0 Å². The molecule has 140 valence electrons. The molecule has 2 fully saturated rings. The quantitative estimate of drug-likeness (QED) is 0.813. The average molecular weight is 375 g/mol. The number of nitrogens with zero attached hydrogens (tertiary/aromatic N) is 4. The molecule has 3 heterocycles. The molecule has 2 aliphatic heterocycles. The number of aryl methyl sites for hydroxylation is 1. The summed E-state index contributed by atoms with van der Waals surface area (Å²) in [5.41, 5.74) is 2.41. The van der Waals surface area contributed by atoms with Gasteiger partial charge in [0.2, 0.25) is 10.0 Å². The summed E-state index contributed by atoms with van der Waals surface area (Å²) in [5, 5.41) is 4.26. The summed E-state index contributed by atoms with van der Waals surface area (Å²) >= 11 is 0. The fourth-order valence-corrected chi connectivity index (χ4v) is 5.57. The minimum Gasteiger partial charge on any atom is -0.299 e. The van der Waals surface area contributed by atoms with Gasteiger partial charge in [0.05, 0.1) is 12.5 Å². The van der Waals surface area contributed by atoms with Crippen LogP contribution in [-0.4, -0.2) is 59.8 Å². The number of sulfonamides is 1. The molecule has 0 aliphatic carbocycles. The van der Waals surface area contributed by atoms with E-state index in [1.54, 1.807) is 4.31 Å². The molecule has 2 unspecified atom stereocenters. The van der Waals surface area contributed by atoms with Gasteiger partial charge in [0.1, 0.15) is 0 Å². The van der Waals surface area contributed by atoms with E-state index in [0.717, 1.165) is 26.1 Å². The number of likely N-dealkylation sites (tertiary alicyclic amines) is 1. The Hall–Kier alpha value is -1.70. The fourth-order valence-electron chi connectivity index (χ4n) is 4.65. The first-order chi connectivity index (χ1) is 12.4. The Bertz CT molecular complexity index is 880. The highest BCUT2D eigenvalue weighted by Crippen LogP contribution is 2.46. The molecule has 0 bridgehead atoms. The van der Waals surface area contributed by atoms with E-state index in [2.05, 4.69) is 40.5 Å². The molecule has 2 aliphatic rings. The molecule has 1 aromatic heterocycles. The Morgan fingerprint density at radius 3 is 2.65 bits per heavy atom. The molecular weight excluding hydrogens is 348 g/mol. The average Bonchev–Trinajstić information content (AvgIpc) is 3.19. The maximum Gasteiger partial charge on any atom is 0.211 e. The summed E-state index contributed by atoms with van der Waals surface area (Å²) < 4.78 is 28.0. The monoisotopic (exact) mass is 374 g/mol.